The van der Waals surface area contributed by atoms with Crippen molar-refractivity contribution < 1.29 is 61.9 Å². The number of methoxy groups -OCH3 is 1. The monoisotopic (exact) mass is 1860 g/mol. The van der Waals surface area contributed by atoms with Crippen LogP contribution in [-0.2, 0) is 45.0 Å². The maximum atomic E-state index is 13.0. The van der Waals surface area contributed by atoms with Gasteiger partial charge in [-0.2, -0.15) is 0 Å². The van der Waals surface area contributed by atoms with Gasteiger partial charge in [-0.1, -0.05) is 140 Å². The molecule has 19 nitrogen and oxygen atoms in total. The predicted octanol–water partition coefficient (Wildman–Crippen LogP) is 18.7. The first-order valence-electron chi connectivity index (χ1n) is 48.8. The molecule has 0 bridgehead atoms. The fourth-order valence-corrected chi connectivity index (χ4v) is 22.9. The Morgan fingerprint density at radius 1 is 0.353 bits per heavy atom. The van der Waals surface area contributed by atoms with E-state index >= 15 is 0 Å². The smallest absolute Gasteiger partial charge is 0.253 e. The van der Waals surface area contributed by atoms with Crippen molar-refractivity contribution in [2.24, 2.45) is 0 Å². The first-order valence-corrected chi connectivity index (χ1v) is 50.9. The maximum Gasteiger partial charge on any atom is 0.253 e. The quantitative estimate of drug-likeness (QED) is 0.0620. The van der Waals surface area contributed by atoms with Crippen molar-refractivity contribution in [1.82, 2.24) is 29.4 Å². The molecular formula is C113H130N6O13Se. The van der Waals surface area contributed by atoms with Gasteiger partial charge in [-0.25, -0.2) is 0 Å². The van der Waals surface area contributed by atoms with Crippen molar-refractivity contribution in [1.29, 1.82) is 0 Å². The van der Waals surface area contributed by atoms with Gasteiger partial charge in [-0.05, 0) is 174 Å². The van der Waals surface area contributed by atoms with E-state index in [4.69, 9.17) is 37.9 Å². The molecule has 10 aromatic carbocycles. The summed E-state index contributed by atoms with van der Waals surface area (Å²) in [5.41, 5.74) is 13.0. The molecular weight excluding hydrogens is 1730 g/mol. The van der Waals surface area contributed by atoms with E-state index in [1.165, 1.54) is 69.9 Å². The molecule has 6 saturated heterocycles. The van der Waals surface area contributed by atoms with E-state index in [2.05, 4.69) is 145 Å². The molecule has 0 radical (unpaired) electrons. The second-order valence-electron chi connectivity index (χ2n) is 38.0. The molecule has 5 amide bonds. The summed E-state index contributed by atoms with van der Waals surface area (Å²) in [6.45, 7) is 19.9. The van der Waals surface area contributed by atoms with Gasteiger partial charge in [-0.3, -0.25) is 24.1 Å². The van der Waals surface area contributed by atoms with Gasteiger partial charge in [-0.15, -0.1) is 0 Å². The fraction of sp³-hybridized carbons (Fsp3) is 0.425. The minimum atomic E-state index is -0.306. The number of carbonyl (C=O) groups is 5. The molecule has 20 heteroatoms. The molecule has 11 aliphatic rings. The predicted molar refractivity (Wildman–Crippen MR) is 523 cm³/mol. The zero-order valence-corrected chi connectivity index (χ0v) is 79.4. The largest absolute Gasteiger partial charge is 0.493 e. The molecule has 11 aliphatic heterocycles. The van der Waals surface area contributed by atoms with Crippen LogP contribution in [0, 0.1) is 0 Å². The van der Waals surface area contributed by atoms with Crippen LogP contribution in [0.2, 0.25) is 5.32 Å². The molecule has 133 heavy (non-hydrogen) atoms. The molecule has 5 atom stereocenters. The molecule has 11 heterocycles. The molecule has 0 saturated carbocycles. The molecule has 5 unspecified atom stereocenters. The van der Waals surface area contributed by atoms with Crippen LogP contribution in [0.4, 0.5) is 0 Å². The Kier molecular flexibility index (Phi) is 31.8. The number of hydrogen-bond donors (Lipinski definition) is 0. The summed E-state index contributed by atoms with van der Waals surface area (Å²) in [6.07, 6.45) is 19.9. The molecule has 0 spiro atoms. The van der Waals surface area contributed by atoms with Crippen molar-refractivity contribution in [2.75, 3.05) is 152 Å². The second kappa shape index (κ2) is 45.2. The molecule has 0 aromatic heterocycles. The first-order chi connectivity index (χ1) is 65.2. The third-order valence-corrected chi connectivity index (χ3v) is 30.6. The van der Waals surface area contributed by atoms with Crippen LogP contribution >= 0.6 is 0 Å². The van der Waals surface area contributed by atoms with Crippen LogP contribution in [0.25, 0.3) is 0 Å². The number of ether oxygens (including phenoxy) is 8. The van der Waals surface area contributed by atoms with Gasteiger partial charge < -0.3 is 52.8 Å². The topological polar surface area (TPSA) is 179 Å². The maximum absolute atomic E-state index is 13.0. The average molecular weight is 1860 g/mol. The summed E-state index contributed by atoms with van der Waals surface area (Å²) in [7, 11) is 1.74. The van der Waals surface area contributed by atoms with Gasteiger partial charge in [0, 0.05) is 135 Å². The average Bonchev–Trinajstić information content (AvgIpc) is 1.61. The molecule has 10 aromatic rings. The Morgan fingerprint density at radius 3 is 1.12 bits per heavy atom. The zero-order chi connectivity index (χ0) is 91.2. The summed E-state index contributed by atoms with van der Waals surface area (Å²) in [4.78, 5) is 76.2. The third kappa shape index (κ3) is 23.4. The number of para-hydroxylation sites is 1. The van der Waals surface area contributed by atoms with Crippen LogP contribution in [0.5, 0.6) is 34.5 Å². The summed E-state index contributed by atoms with van der Waals surface area (Å²) in [6, 6.07) is 82.1. The Hall–Kier alpha value is -11.3. The SMILES string of the molecule is CC1(CN2CCOCC2)COc2cc(C(=O)N3CCCCC3)ccc21.COCC1(Cc2ccccc2)COc2cc(C(=O)N3CCCCC3)ccc21.O=C(c1ccc2c(c1)OCC2(COc1ccccc1)Cc1ccccc1)N1CCCCC1.O=C(c1ccc2c(c1)OCC2C[Se]c1ccccc1)N1CCCCC1.O=C(c1ccc2c(c1)OCC2Cc1ccccc1)N1CCCCC1. The number of fused-ring (bicyclic) bond motifs is 5. The number of carbonyl (C=O) groups excluding carboxylic acids is 5. The van der Waals surface area contributed by atoms with Crippen molar-refractivity contribution in [3.63, 3.8) is 0 Å². The van der Waals surface area contributed by atoms with E-state index in [1.807, 2.05) is 134 Å². The van der Waals surface area contributed by atoms with Gasteiger partial charge in [0.2, 0.25) is 0 Å². The van der Waals surface area contributed by atoms with E-state index in [1.54, 1.807) is 7.11 Å². The van der Waals surface area contributed by atoms with Crippen molar-refractivity contribution in [3.8, 4) is 34.5 Å². The summed E-state index contributed by atoms with van der Waals surface area (Å²) < 4.78 is 48.8. The Balaban J connectivity index is 0.000000116. The van der Waals surface area contributed by atoms with Crippen LogP contribution in [0.15, 0.2) is 243 Å². The van der Waals surface area contributed by atoms with Gasteiger partial charge in [0.1, 0.15) is 48.6 Å². The zero-order valence-electron chi connectivity index (χ0n) is 77.6. The second-order valence-corrected chi connectivity index (χ2v) is 40.3. The summed E-state index contributed by atoms with van der Waals surface area (Å²) >= 11 is 0.458. The van der Waals surface area contributed by atoms with Crippen molar-refractivity contribution in [2.45, 2.75) is 156 Å². The van der Waals surface area contributed by atoms with Crippen LogP contribution in [-0.4, -0.2) is 226 Å². The number of likely N-dealkylation sites (tertiary alicyclic amines) is 5. The fourth-order valence-electron chi connectivity index (χ4n) is 20.7. The van der Waals surface area contributed by atoms with Crippen LogP contribution < -0.4 is 32.9 Å². The van der Waals surface area contributed by atoms with Gasteiger partial charge >= 0.3 is 155 Å². The standard InChI is InChI=1S/C28H29NO3.C23H27NO3.C21H23NO2Se.C21H23NO2.C20H28N2O3/c30-27(29-16-8-3-9-17-29)23-14-15-25-26(18-23)32-21-28(25,19-22-10-4-1-5-11-22)20-31-24-12-6-2-7-13-24;1-26-16-23(15-18-8-4-2-5-9-18)17-27-21-14-19(10-11-20(21)23)22(25)24-12-6-3-7-13-24;23-21(22-11-5-2-6-12-22)16-9-10-19-17(14-24-20(19)13-16)15-25-18-7-3-1-4-8-18;23-21(22-11-5-2-6-12-22)17-9-10-19-18(15-24-20(19)14-17)13-16-7-3-1-4-8-16;1-20(14-21-9-11-24-12-10-21)15-25-18-13-16(5-6-17(18)20)19(23)22-7-3-2-4-8-22/h1-2,4-7,10-15,18H,3,8-9,16-17,19-21H2;2,4-5,8-11,14H,3,6-7,12-13,15-17H2,1H3;1,3-4,7-10,13,17H,2,5-6,11-12,14-15H2;1,3-4,7-10,14,18H,2,5-6,11-13,15H2;5-6,13H,2-4,7-12,14-15H2,1H3. The number of piperidine rings is 5. The number of amides is 5. The number of rotatable bonds is 21. The number of hydrogen-bond acceptors (Lipinski definition) is 14. The van der Waals surface area contributed by atoms with E-state index in [0.29, 0.717) is 72.0 Å². The molecule has 6 fully saturated rings. The Bertz CT molecular complexity index is 5520. The van der Waals surface area contributed by atoms with Gasteiger partial charge in [0.25, 0.3) is 23.6 Å². The Morgan fingerprint density at radius 2 is 0.699 bits per heavy atom. The van der Waals surface area contributed by atoms with E-state index in [-0.39, 0.29) is 45.8 Å². The minimum absolute atomic E-state index is 0.0145. The van der Waals surface area contributed by atoms with Gasteiger partial charge in [0.15, 0.2) is 0 Å². The van der Waals surface area contributed by atoms with Crippen LogP contribution in [0.1, 0.15) is 211 Å². The van der Waals surface area contributed by atoms with E-state index < -0.39 is 0 Å². The molecule has 0 N–H and O–H groups in total. The summed E-state index contributed by atoms with van der Waals surface area (Å²) in [5, 5.41) is 1.14. The molecule has 696 valence electrons. The minimum Gasteiger partial charge on any atom is -0.493 e. The number of benzene rings is 10. The Labute approximate surface area is 792 Å². The molecule has 21 rings (SSSR count). The normalized spacial score (nSPS) is 21.4. The van der Waals surface area contributed by atoms with E-state index in [9.17, 15) is 24.0 Å². The van der Waals surface area contributed by atoms with Crippen LogP contribution in [0.3, 0.4) is 0 Å². The van der Waals surface area contributed by atoms with Crippen molar-refractivity contribution in [3.05, 3.63) is 315 Å². The third-order valence-electron chi connectivity index (χ3n) is 28.2. The summed E-state index contributed by atoms with van der Waals surface area (Å²) in [5.74, 6) is 6.68. The number of morpholine rings is 1. The van der Waals surface area contributed by atoms with Gasteiger partial charge in [0.05, 0.1) is 43.9 Å². The molecule has 0 aliphatic carbocycles. The number of nitrogens with zero attached hydrogens (tertiary/aromatic N) is 6. The van der Waals surface area contributed by atoms with E-state index in [0.717, 1.165) is 262 Å². The first kappa shape index (κ1) is 93.6. The van der Waals surface area contributed by atoms with Crippen molar-refractivity contribution >= 4 is 49.0 Å².